The van der Waals surface area contributed by atoms with E-state index >= 15 is 0 Å². The fourth-order valence-electron chi connectivity index (χ4n) is 4.41. The average molecular weight is 402 g/mol. The molecule has 3 aliphatic rings. The Labute approximate surface area is 160 Å². The fourth-order valence-corrected chi connectivity index (χ4v) is 4.80. The number of aliphatic hydroxyl groups is 1. The summed E-state index contributed by atoms with van der Waals surface area (Å²) < 4.78 is 28.2. The van der Waals surface area contributed by atoms with Crippen LogP contribution in [0.25, 0.3) is 0 Å². The first-order chi connectivity index (χ1) is 12.6. The van der Waals surface area contributed by atoms with Crippen LogP contribution in [0.5, 0.6) is 0 Å². The Hall–Kier alpha value is -1.67. The van der Waals surface area contributed by atoms with E-state index in [0.717, 1.165) is 6.92 Å². The molecule has 27 heavy (non-hydrogen) atoms. The predicted octanol–water partition coefficient (Wildman–Crippen LogP) is 2.57. The highest BCUT2D eigenvalue weighted by Gasteiger charge is 2.56. The SMILES string of the molecule is C[C@H]1[C@H](O)CN1c1cc(N2CC3C(CC(=O)O)C3C2)c(Cl)c(C(C)(F)F)n1. The molecule has 1 aromatic heterocycles. The van der Waals surface area contributed by atoms with Crippen molar-refractivity contribution in [3.8, 4) is 0 Å². The molecule has 0 radical (unpaired) electrons. The lowest BCUT2D eigenvalue weighted by Crippen LogP contribution is -2.59. The minimum Gasteiger partial charge on any atom is -0.481 e. The van der Waals surface area contributed by atoms with Crippen molar-refractivity contribution in [3.63, 3.8) is 0 Å². The Morgan fingerprint density at radius 3 is 2.48 bits per heavy atom. The Kier molecular flexibility index (Phi) is 4.27. The molecule has 3 heterocycles. The fraction of sp³-hybridized carbons (Fsp3) is 0.667. The van der Waals surface area contributed by atoms with E-state index < -0.39 is 23.7 Å². The predicted molar refractivity (Wildman–Crippen MR) is 96.6 cm³/mol. The maximum atomic E-state index is 14.1. The van der Waals surface area contributed by atoms with E-state index in [-0.39, 0.29) is 35.2 Å². The summed E-state index contributed by atoms with van der Waals surface area (Å²) in [5.41, 5.74) is 0.0426. The zero-order valence-corrected chi connectivity index (χ0v) is 15.8. The van der Waals surface area contributed by atoms with Gasteiger partial charge in [-0.15, -0.1) is 0 Å². The van der Waals surface area contributed by atoms with E-state index in [1.165, 1.54) is 0 Å². The van der Waals surface area contributed by atoms with Gasteiger partial charge in [0.15, 0.2) is 0 Å². The van der Waals surface area contributed by atoms with Crippen LogP contribution in [0.3, 0.4) is 0 Å². The molecule has 4 rings (SSSR count). The molecular formula is C18H22ClF2N3O3. The molecule has 9 heteroatoms. The first kappa shape index (κ1) is 18.7. The van der Waals surface area contributed by atoms with Crippen LogP contribution in [0.2, 0.25) is 5.02 Å². The lowest BCUT2D eigenvalue weighted by molar-refractivity contribution is -0.137. The minimum absolute atomic E-state index is 0.0592. The number of hydrogen-bond donors (Lipinski definition) is 2. The van der Waals surface area contributed by atoms with Gasteiger partial charge in [0.1, 0.15) is 11.5 Å². The second-order valence-corrected chi connectivity index (χ2v) is 8.38. The molecule has 1 aromatic rings. The van der Waals surface area contributed by atoms with Crippen LogP contribution in [-0.2, 0) is 10.7 Å². The van der Waals surface area contributed by atoms with Crippen LogP contribution in [0.15, 0.2) is 6.07 Å². The number of aliphatic carboxylic acids is 1. The van der Waals surface area contributed by atoms with Gasteiger partial charge in [-0.1, -0.05) is 11.6 Å². The third-order valence-electron chi connectivity index (χ3n) is 6.19. The van der Waals surface area contributed by atoms with Gasteiger partial charge >= 0.3 is 5.97 Å². The van der Waals surface area contributed by atoms with Gasteiger partial charge < -0.3 is 20.0 Å². The van der Waals surface area contributed by atoms with Crippen LogP contribution in [0.1, 0.15) is 26.0 Å². The monoisotopic (exact) mass is 401 g/mol. The quantitative estimate of drug-likeness (QED) is 0.789. The molecule has 0 bridgehead atoms. The molecule has 6 nitrogen and oxygen atoms in total. The molecule has 2 aliphatic heterocycles. The summed E-state index contributed by atoms with van der Waals surface area (Å²) in [4.78, 5) is 18.7. The van der Waals surface area contributed by atoms with Crippen molar-refractivity contribution in [1.29, 1.82) is 0 Å². The Morgan fingerprint density at radius 2 is 2.00 bits per heavy atom. The van der Waals surface area contributed by atoms with Crippen LogP contribution in [0, 0.1) is 17.8 Å². The number of piperidine rings is 1. The minimum atomic E-state index is -3.19. The molecule has 148 valence electrons. The van der Waals surface area contributed by atoms with Gasteiger partial charge in [-0.25, -0.2) is 4.98 Å². The molecule has 1 saturated carbocycles. The zero-order chi connectivity index (χ0) is 19.7. The highest BCUT2D eigenvalue weighted by atomic mass is 35.5. The smallest absolute Gasteiger partial charge is 0.303 e. The van der Waals surface area contributed by atoms with Crippen molar-refractivity contribution in [3.05, 3.63) is 16.8 Å². The number of anilines is 2. The van der Waals surface area contributed by atoms with Gasteiger partial charge in [-0.05, 0) is 24.7 Å². The summed E-state index contributed by atoms with van der Waals surface area (Å²) in [6, 6.07) is 1.51. The lowest BCUT2D eigenvalue weighted by Gasteiger charge is -2.44. The largest absolute Gasteiger partial charge is 0.481 e. The van der Waals surface area contributed by atoms with E-state index in [9.17, 15) is 18.7 Å². The number of halogens is 3. The van der Waals surface area contributed by atoms with Crippen LogP contribution in [-0.4, -0.2) is 52.9 Å². The summed E-state index contributed by atoms with van der Waals surface area (Å²) in [6.07, 6.45) is -0.354. The highest BCUT2D eigenvalue weighted by molar-refractivity contribution is 6.34. The number of rotatable bonds is 5. The van der Waals surface area contributed by atoms with Gasteiger partial charge in [-0.3, -0.25) is 4.79 Å². The topological polar surface area (TPSA) is 76.9 Å². The van der Waals surface area contributed by atoms with Crippen molar-refractivity contribution >= 4 is 29.1 Å². The van der Waals surface area contributed by atoms with Crippen LogP contribution < -0.4 is 9.80 Å². The Morgan fingerprint density at radius 1 is 1.37 bits per heavy atom. The molecule has 0 spiro atoms. The van der Waals surface area contributed by atoms with Gasteiger partial charge in [0.2, 0.25) is 0 Å². The number of fused-ring (bicyclic) bond motifs is 1. The summed E-state index contributed by atoms with van der Waals surface area (Å²) in [7, 11) is 0. The number of carboxylic acids is 1. The number of β-amino-alcohol motifs (C(OH)–C–C–N with tert-alkyl or cyclic N) is 1. The number of nitrogens with zero attached hydrogens (tertiary/aromatic N) is 3. The first-order valence-electron chi connectivity index (χ1n) is 9.08. The van der Waals surface area contributed by atoms with E-state index in [1.807, 2.05) is 11.8 Å². The van der Waals surface area contributed by atoms with Crippen LogP contribution in [0.4, 0.5) is 20.3 Å². The molecule has 2 N–H and O–H groups in total. The molecular weight excluding hydrogens is 380 g/mol. The summed E-state index contributed by atoms with van der Waals surface area (Å²) >= 11 is 6.31. The third-order valence-corrected chi connectivity index (χ3v) is 6.56. The first-order valence-corrected chi connectivity index (χ1v) is 9.46. The van der Waals surface area contributed by atoms with Crippen LogP contribution >= 0.6 is 11.6 Å². The second-order valence-electron chi connectivity index (χ2n) is 8.01. The summed E-state index contributed by atoms with van der Waals surface area (Å²) in [6.45, 7) is 4.15. The summed E-state index contributed by atoms with van der Waals surface area (Å²) in [5, 5.41) is 18.7. The van der Waals surface area contributed by atoms with E-state index in [1.54, 1.807) is 11.0 Å². The molecule has 1 aliphatic carbocycles. The molecule has 2 unspecified atom stereocenters. The van der Waals surface area contributed by atoms with Crippen molar-refractivity contribution in [2.24, 2.45) is 17.8 Å². The molecule has 2 saturated heterocycles. The van der Waals surface area contributed by atoms with Gasteiger partial charge in [0.05, 0.1) is 22.9 Å². The number of alkyl halides is 2. The molecule has 4 atom stereocenters. The van der Waals surface area contributed by atoms with E-state index in [4.69, 9.17) is 16.7 Å². The summed E-state index contributed by atoms with van der Waals surface area (Å²) in [5.74, 6) is -2.91. The second kappa shape index (κ2) is 6.17. The Bertz CT molecular complexity index is 776. The zero-order valence-electron chi connectivity index (χ0n) is 15.1. The normalized spacial score (nSPS) is 32.3. The van der Waals surface area contributed by atoms with Crippen molar-refractivity contribution in [2.75, 3.05) is 29.4 Å². The number of carboxylic acid groups (broad SMARTS) is 1. The number of aromatic nitrogens is 1. The molecule has 0 aromatic carbocycles. The Balaban J connectivity index is 1.62. The maximum Gasteiger partial charge on any atom is 0.303 e. The standard InChI is InChI=1S/C18H22ClF2N3O3/c1-8-13(25)7-24(8)14-4-12(16(19)17(22-14)18(2,20)21)23-5-10-9(3-15(26)27)11(10)6-23/h4,8-11,13,25H,3,5-7H2,1-2H3,(H,26,27)/t8-,9?,10?,11?,13+/m0/s1. The number of pyridine rings is 1. The van der Waals surface area contributed by atoms with Crippen molar-refractivity contribution < 1.29 is 23.8 Å². The van der Waals surface area contributed by atoms with Gasteiger partial charge in [0, 0.05) is 39.0 Å². The van der Waals surface area contributed by atoms with E-state index in [0.29, 0.717) is 31.1 Å². The lowest BCUT2D eigenvalue weighted by atomic mass is 10.0. The van der Waals surface area contributed by atoms with Crippen molar-refractivity contribution in [1.82, 2.24) is 4.98 Å². The number of aliphatic hydroxyl groups excluding tert-OH is 1. The van der Waals surface area contributed by atoms with Crippen molar-refractivity contribution in [2.45, 2.75) is 38.3 Å². The highest BCUT2D eigenvalue weighted by Crippen LogP contribution is 2.55. The number of hydrogen-bond acceptors (Lipinski definition) is 5. The molecule has 0 amide bonds. The van der Waals surface area contributed by atoms with Gasteiger partial charge in [0.25, 0.3) is 5.92 Å². The third kappa shape index (κ3) is 3.12. The number of carbonyl (C=O) groups is 1. The van der Waals surface area contributed by atoms with E-state index in [2.05, 4.69) is 4.98 Å². The maximum absolute atomic E-state index is 14.1. The average Bonchev–Trinajstić information content (AvgIpc) is 3.02. The van der Waals surface area contributed by atoms with Gasteiger partial charge in [-0.2, -0.15) is 8.78 Å². The molecule has 3 fully saturated rings.